The second-order valence-electron chi connectivity index (χ2n) is 6.00. The highest BCUT2D eigenvalue weighted by molar-refractivity contribution is 5.36. The monoisotopic (exact) mass is 281 g/mol. The molecular weight excluding hydrogens is 260 g/mol. The molecule has 0 atom stereocenters. The fraction of sp³-hybridized carbons (Fsp3) is 0.263. The second kappa shape index (κ2) is 6.49. The molecule has 2 heteroatoms. The summed E-state index contributed by atoms with van der Waals surface area (Å²) in [4.78, 5) is 0. The Morgan fingerprint density at radius 1 is 0.905 bits per heavy atom. The third-order valence-electron chi connectivity index (χ3n) is 3.03. The molecule has 0 saturated carbocycles. The summed E-state index contributed by atoms with van der Waals surface area (Å²) in [5.74, 6) is -0.387. The molecule has 0 spiro atoms. The van der Waals surface area contributed by atoms with Crippen LogP contribution in [0.15, 0.2) is 72.7 Å². The number of hydrogen-bond donors (Lipinski definition) is 0. The third kappa shape index (κ3) is 4.67. The molecule has 0 N–H and O–H groups in total. The topological polar surface area (TPSA) is 32.3 Å². The summed E-state index contributed by atoms with van der Waals surface area (Å²) < 4.78 is 5.42. The highest BCUT2D eigenvalue weighted by Gasteiger charge is 2.12. The molecular formula is C19H21O2-. The lowest BCUT2D eigenvalue weighted by molar-refractivity contribution is -0.369. The number of benzene rings is 2. The van der Waals surface area contributed by atoms with Gasteiger partial charge in [0, 0.05) is 17.5 Å². The highest BCUT2D eigenvalue weighted by Crippen LogP contribution is 2.27. The first-order valence-electron chi connectivity index (χ1n) is 7.13. The quantitative estimate of drug-likeness (QED) is 0.798. The molecule has 21 heavy (non-hydrogen) atoms. The minimum atomic E-state index is -0.481. The van der Waals surface area contributed by atoms with Gasteiger partial charge in [0.15, 0.2) is 0 Å². The fourth-order valence-electron chi connectivity index (χ4n) is 2.18. The summed E-state index contributed by atoms with van der Waals surface area (Å²) in [5, 5.41) is 12.1. The summed E-state index contributed by atoms with van der Waals surface area (Å²) in [7, 11) is 0. The van der Waals surface area contributed by atoms with Gasteiger partial charge >= 0.3 is 0 Å². The molecule has 0 amide bonds. The molecule has 0 aliphatic heterocycles. The molecule has 0 bridgehead atoms. The van der Waals surface area contributed by atoms with Crippen LogP contribution in [0.5, 0.6) is 0 Å². The van der Waals surface area contributed by atoms with Gasteiger partial charge in [-0.3, -0.25) is 0 Å². The van der Waals surface area contributed by atoms with Crippen LogP contribution in [0.4, 0.5) is 0 Å². The molecule has 0 saturated heterocycles. The van der Waals surface area contributed by atoms with E-state index in [0.29, 0.717) is 0 Å². The second-order valence-corrected chi connectivity index (χ2v) is 6.00. The predicted octanol–water partition coefficient (Wildman–Crippen LogP) is 3.84. The fourth-order valence-corrected chi connectivity index (χ4v) is 2.18. The van der Waals surface area contributed by atoms with E-state index < -0.39 is 5.60 Å². The zero-order chi connectivity index (χ0) is 15.3. The van der Waals surface area contributed by atoms with Gasteiger partial charge in [-0.05, 0) is 11.1 Å². The van der Waals surface area contributed by atoms with E-state index in [-0.39, 0.29) is 11.9 Å². The summed E-state index contributed by atoms with van der Waals surface area (Å²) in [6, 6.07) is 20.0. The van der Waals surface area contributed by atoms with Gasteiger partial charge < -0.3 is 9.84 Å². The number of rotatable bonds is 4. The molecule has 0 heterocycles. The molecule has 0 aliphatic carbocycles. The molecule has 110 valence electrons. The maximum absolute atomic E-state index is 12.1. The maximum atomic E-state index is 12.1. The standard InChI is InChI=1S/C19H22O2/c1-19(2,3)21-18(20)14-17(15-10-6-4-7-11-15)16-12-8-5-9-13-16/h4-14,17,20H,1-3H3/p-1/b18-14-. The normalized spacial score (nSPS) is 12.5. The first kappa shape index (κ1) is 15.2. The van der Waals surface area contributed by atoms with Crippen molar-refractivity contribution in [2.24, 2.45) is 0 Å². The van der Waals surface area contributed by atoms with Gasteiger partial charge in [0.05, 0.1) is 0 Å². The van der Waals surface area contributed by atoms with E-state index in [2.05, 4.69) is 0 Å². The van der Waals surface area contributed by atoms with Crippen LogP contribution < -0.4 is 5.11 Å². The van der Waals surface area contributed by atoms with Crippen LogP contribution >= 0.6 is 0 Å². The molecule has 2 aromatic rings. The van der Waals surface area contributed by atoms with Crippen molar-refractivity contribution in [2.45, 2.75) is 32.3 Å². The predicted molar refractivity (Wildman–Crippen MR) is 83.6 cm³/mol. The van der Waals surface area contributed by atoms with Crippen molar-refractivity contribution < 1.29 is 9.84 Å². The van der Waals surface area contributed by atoms with Crippen molar-refractivity contribution in [3.05, 3.63) is 83.8 Å². The van der Waals surface area contributed by atoms with Crippen LogP contribution in [-0.2, 0) is 4.74 Å². The Balaban J connectivity index is 2.36. The maximum Gasteiger partial charge on any atom is 0.0486 e. The van der Waals surface area contributed by atoms with Crippen molar-refractivity contribution in [1.29, 1.82) is 0 Å². The van der Waals surface area contributed by atoms with Crippen molar-refractivity contribution in [2.75, 3.05) is 0 Å². The molecule has 2 nitrogen and oxygen atoms in total. The molecule has 0 radical (unpaired) electrons. The highest BCUT2D eigenvalue weighted by atomic mass is 16.6. The van der Waals surface area contributed by atoms with Crippen molar-refractivity contribution in [1.82, 2.24) is 0 Å². The minimum absolute atomic E-state index is 0.0951. The molecule has 0 unspecified atom stereocenters. The van der Waals surface area contributed by atoms with E-state index in [1.165, 1.54) is 0 Å². The van der Waals surface area contributed by atoms with E-state index in [1.54, 1.807) is 6.08 Å². The van der Waals surface area contributed by atoms with E-state index in [9.17, 15) is 5.11 Å². The van der Waals surface area contributed by atoms with Crippen molar-refractivity contribution in [3.63, 3.8) is 0 Å². The number of hydrogen-bond acceptors (Lipinski definition) is 2. The van der Waals surface area contributed by atoms with Crippen LogP contribution in [-0.4, -0.2) is 5.60 Å². The van der Waals surface area contributed by atoms with Crippen LogP contribution in [0.25, 0.3) is 0 Å². The van der Waals surface area contributed by atoms with Gasteiger partial charge in [0.25, 0.3) is 0 Å². The summed E-state index contributed by atoms with van der Waals surface area (Å²) in [6.45, 7) is 5.62. The largest absolute Gasteiger partial charge is 0.608 e. The Hall–Kier alpha value is -2.22. The van der Waals surface area contributed by atoms with Gasteiger partial charge in [-0.25, -0.2) is 0 Å². The van der Waals surface area contributed by atoms with Crippen LogP contribution in [0.3, 0.4) is 0 Å². The lowest BCUT2D eigenvalue weighted by atomic mass is 9.91. The lowest BCUT2D eigenvalue weighted by Crippen LogP contribution is -2.24. The van der Waals surface area contributed by atoms with Gasteiger partial charge in [0.2, 0.25) is 0 Å². The smallest absolute Gasteiger partial charge is 0.0486 e. The Morgan fingerprint density at radius 3 is 1.71 bits per heavy atom. The third-order valence-corrected chi connectivity index (χ3v) is 3.03. The molecule has 2 aromatic carbocycles. The average Bonchev–Trinajstić information content (AvgIpc) is 2.45. The Kier molecular flexibility index (Phi) is 4.69. The molecule has 0 fully saturated rings. The number of allylic oxidation sites excluding steroid dienone is 1. The van der Waals surface area contributed by atoms with Crippen LogP contribution in [0, 0.1) is 0 Å². The Labute approximate surface area is 126 Å². The van der Waals surface area contributed by atoms with E-state index in [0.717, 1.165) is 11.1 Å². The van der Waals surface area contributed by atoms with Gasteiger partial charge in [0.1, 0.15) is 0 Å². The van der Waals surface area contributed by atoms with Crippen molar-refractivity contribution >= 4 is 0 Å². The van der Waals surface area contributed by atoms with E-state index in [1.807, 2.05) is 81.4 Å². The van der Waals surface area contributed by atoms with Gasteiger partial charge in [-0.15, -0.1) is 0 Å². The first-order chi connectivity index (χ1) is 9.96. The number of ether oxygens (including phenoxy) is 1. The Morgan fingerprint density at radius 2 is 1.33 bits per heavy atom. The van der Waals surface area contributed by atoms with Gasteiger partial charge in [-0.2, -0.15) is 0 Å². The molecule has 2 rings (SSSR count). The molecule has 0 aliphatic rings. The minimum Gasteiger partial charge on any atom is -0.608 e. The summed E-state index contributed by atoms with van der Waals surface area (Å²) >= 11 is 0. The Bertz CT molecular complexity index is 540. The van der Waals surface area contributed by atoms with Crippen LogP contribution in [0.1, 0.15) is 37.8 Å². The average molecular weight is 281 g/mol. The lowest BCUT2D eigenvalue weighted by Gasteiger charge is -2.31. The molecule has 0 aromatic heterocycles. The SMILES string of the molecule is CC(C)(C)O/C([O-])=C\C(c1ccccc1)c1ccccc1. The van der Waals surface area contributed by atoms with E-state index in [4.69, 9.17) is 4.74 Å². The zero-order valence-electron chi connectivity index (χ0n) is 12.7. The van der Waals surface area contributed by atoms with Crippen molar-refractivity contribution in [3.8, 4) is 0 Å². The first-order valence-corrected chi connectivity index (χ1v) is 7.13. The van der Waals surface area contributed by atoms with Crippen LogP contribution in [0.2, 0.25) is 0 Å². The summed E-state index contributed by atoms with van der Waals surface area (Å²) in [5.41, 5.74) is 1.68. The summed E-state index contributed by atoms with van der Waals surface area (Å²) in [6.07, 6.45) is 1.65. The van der Waals surface area contributed by atoms with E-state index >= 15 is 0 Å². The zero-order valence-corrected chi connectivity index (χ0v) is 12.7. The van der Waals surface area contributed by atoms with Gasteiger partial charge in [-0.1, -0.05) is 87.5 Å².